The summed E-state index contributed by atoms with van der Waals surface area (Å²) in [5, 5.41) is 8.51. The third-order valence-electron chi connectivity index (χ3n) is 2.45. The Labute approximate surface area is 82.9 Å². The molecule has 5 heteroatoms. The van der Waals surface area contributed by atoms with Crippen molar-refractivity contribution in [1.29, 1.82) is 0 Å². The molecule has 80 valence electrons. The van der Waals surface area contributed by atoms with Gasteiger partial charge in [-0.05, 0) is 19.3 Å². The van der Waals surface area contributed by atoms with Gasteiger partial charge in [0.1, 0.15) is 6.04 Å². The number of hydrogen-bond acceptors (Lipinski definition) is 3. The lowest BCUT2D eigenvalue weighted by atomic mass is 10.1. The maximum absolute atomic E-state index is 11.4. The Hall–Kier alpha value is -1.10. The predicted octanol–water partition coefficient (Wildman–Crippen LogP) is -0.199. The Morgan fingerprint density at radius 2 is 1.93 bits per heavy atom. The van der Waals surface area contributed by atoms with Crippen molar-refractivity contribution in [3.63, 3.8) is 0 Å². The average Bonchev–Trinajstić information content (AvgIpc) is 2.66. The van der Waals surface area contributed by atoms with E-state index in [2.05, 4.69) is 0 Å². The van der Waals surface area contributed by atoms with Gasteiger partial charge in [-0.25, -0.2) is 0 Å². The molecule has 1 aliphatic rings. The summed E-state index contributed by atoms with van der Waals surface area (Å²) in [4.78, 5) is 23.6. The van der Waals surface area contributed by atoms with Crippen molar-refractivity contribution in [2.24, 2.45) is 5.73 Å². The van der Waals surface area contributed by atoms with Crippen molar-refractivity contribution in [2.75, 3.05) is 13.1 Å². The lowest BCUT2D eigenvalue weighted by Gasteiger charge is -2.15. The van der Waals surface area contributed by atoms with Crippen LogP contribution in [0.5, 0.6) is 0 Å². The van der Waals surface area contributed by atoms with Crippen LogP contribution >= 0.6 is 0 Å². The summed E-state index contributed by atoms with van der Waals surface area (Å²) in [7, 11) is 0. The monoisotopic (exact) mass is 200 g/mol. The molecule has 0 aromatic carbocycles. The van der Waals surface area contributed by atoms with Gasteiger partial charge in [-0.2, -0.15) is 0 Å². The van der Waals surface area contributed by atoms with E-state index in [1.807, 2.05) is 0 Å². The maximum Gasteiger partial charge on any atom is 0.320 e. The highest BCUT2D eigenvalue weighted by atomic mass is 16.4. The molecule has 1 fully saturated rings. The minimum absolute atomic E-state index is 0.0270. The van der Waals surface area contributed by atoms with E-state index >= 15 is 0 Å². The molecule has 1 saturated heterocycles. The van der Waals surface area contributed by atoms with Crippen molar-refractivity contribution < 1.29 is 14.7 Å². The van der Waals surface area contributed by atoms with E-state index in [0.717, 1.165) is 25.9 Å². The number of aliphatic carboxylic acids is 1. The molecule has 0 saturated carbocycles. The van der Waals surface area contributed by atoms with Crippen LogP contribution in [0.1, 0.15) is 25.7 Å². The molecule has 1 rings (SSSR count). The van der Waals surface area contributed by atoms with Crippen molar-refractivity contribution >= 4 is 11.9 Å². The van der Waals surface area contributed by atoms with Crippen molar-refractivity contribution in [1.82, 2.24) is 4.90 Å². The summed E-state index contributed by atoms with van der Waals surface area (Å²) >= 11 is 0. The van der Waals surface area contributed by atoms with Gasteiger partial charge in [0.05, 0.1) is 0 Å². The van der Waals surface area contributed by atoms with Gasteiger partial charge in [-0.15, -0.1) is 0 Å². The Bertz CT molecular complexity index is 224. The molecule has 0 radical (unpaired) electrons. The minimum atomic E-state index is -1.04. The number of carbonyl (C=O) groups excluding carboxylic acids is 1. The third-order valence-corrected chi connectivity index (χ3v) is 2.45. The normalized spacial score (nSPS) is 18.2. The fourth-order valence-electron chi connectivity index (χ4n) is 1.53. The van der Waals surface area contributed by atoms with Gasteiger partial charge in [-0.3, -0.25) is 9.59 Å². The van der Waals surface area contributed by atoms with Gasteiger partial charge in [-0.1, -0.05) is 0 Å². The standard InChI is InChI=1S/C9H16N2O3/c10-7(9(13)14)3-4-8(12)11-5-1-2-6-11/h7H,1-6,10H2,(H,13,14). The molecule has 14 heavy (non-hydrogen) atoms. The number of carbonyl (C=O) groups is 2. The zero-order chi connectivity index (χ0) is 10.6. The van der Waals surface area contributed by atoms with Crippen LogP contribution in [0.25, 0.3) is 0 Å². The zero-order valence-electron chi connectivity index (χ0n) is 8.11. The van der Waals surface area contributed by atoms with Gasteiger partial charge in [0.25, 0.3) is 0 Å². The smallest absolute Gasteiger partial charge is 0.320 e. The van der Waals surface area contributed by atoms with Crippen LogP contribution < -0.4 is 5.73 Å². The summed E-state index contributed by atoms with van der Waals surface area (Å²) in [6, 6.07) is -0.915. The molecular formula is C9H16N2O3. The highest BCUT2D eigenvalue weighted by molar-refractivity contribution is 5.78. The molecule has 1 heterocycles. The zero-order valence-corrected chi connectivity index (χ0v) is 8.11. The van der Waals surface area contributed by atoms with E-state index in [1.165, 1.54) is 0 Å². The van der Waals surface area contributed by atoms with Gasteiger partial charge in [0, 0.05) is 19.5 Å². The van der Waals surface area contributed by atoms with E-state index in [1.54, 1.807) is 4.90 Å². The van der Waals surface area contributed by atoms with Crippen molar-refractivity contribution in [2.45, 2.75) is 31.7 Å². The van der Waals surface area contributed by atoms with Gasteiger partial charge in [0.15, 0.2) is 0 Å². The average molecular weight is 200 g/mol. The summed E-state index contributed by atoms with van der Waals surface area (Å²) in [5.41, 5.74) is 5.29. The van der Waals surface area contributed by atoms with Crippen molar-refractivity contribution in [3.8, 4) is 0 Å². The van der Waals surface area contributed by atoms with Gasteiger partial charge in [0.2, 0.25) is 5.91 Å². The number of carboxylic acid groups (broad SMARTS) is 1. The first kappa shape index (κ1) is 11.0. The number of rotatable bonds is 4. The van der Waals surface area contributed by atoms with Gasteiger partial charge >= 0.3 is 5.97 Å². The summed E-state index contributed by atoms with van der Waals surface area (Å²) < 4.78 is 0. The van der Waals surface area contributed by atoms with Crippen LogP contribution in [0.2, 0.25) is 0 Å². The highest BCUT2D eigenvalue weighted by Gasteiger charge is 2.19. The third kappa shape index (κ3) is 2.99. The fraction of sp³-hybridized carbons (Fsp3) is 0.778. The molecule has 1 atom stereocenters. The largest absolute Gasteiger partial charge is 0.480 e. The van der Waals surface area contributed by atoms with E-state index in [9.17, 15) is 9.59 Å². The minimum Gasteiger partial charge on any atom is -0.480 e. The first-order valence-electron chi connectivity index (χ1n) is 4.87. The van der Waals surface area contributed by atoms with Crippen LogP contribution in [0.15, 0.2) is 0 Å². The van der Waals surface area contributed by atoms with Crippen molar-refractivity contribution in [3.05, 3.63) is 0 Å². The summed E-state index contributed by atoms with van der Waals surface area (Å²) in [5.74, 6) is -1.02. The number of likely N-dealkylation sites (tertiary alicyclic amines) is 1. The molecule has 1 amide bonds. The summed E-state index contributed by atoms with van der Waals surface area (Å²) in [6.45, 7) is 1.61. The molecule has 0 spiro atoms. The molecule has 0 aliphatic carbocycles. The number of hydrogen-bond donors (Lipinski definition) is 2. The molecule has 1 unspecified atom stereocenters. The Morgan fingerprint density at radius 1 is 1.36 bits per heavy atom. The molecular weight excluding hydrogens is 184 g/mol. The highest BCUT2D eigenvalue weighted by Crippen LogP contribution is 2.10. The lowest BCUT2D eigenvalue weighted by Crippen LogP contribution is -2.33. The molecule has 0 bridgehead atoms. The predicted molar refractivity (Wildman–Crippen MR) is 50.7 cm³/mol. The van der Waals surface area contributed by atoms with E-state index in [-0.39, 0.29) is 18.7 Å². The maximum atomic E-state index is 11.4. The number of carboxylic acids is 1. The van der Waals surface area contributed by atoms with E-state index < -0.39 is 12.0 Å². The SMILES string of the molecule is NC(CCC(=O)N1CCCC1)C(=O)O. The molecule has 5 nitrogen and oxygen atoms in total. The number of nitrogens with two attached hydrogens (primary N) is 1. The Balaban J connectivity index is 2.23. The lowest BCUT2D eigenvalue weighted by molar-refractivity contribution is -0.139. The number of nitrogens with zero attached hydrogens (tertiary/aromatic N) is 1. The number of amides is 1. The van der Waals surface area contributed by atoms with Crippen LogP contribution in [0.3, 0.4) is 0 Å². The van der Waals surface area contributed by atoms with Gasteiger partial charge < -0.3 is 15.7 Å². The molecule has 1 aliphatic heterocycles. The first-order valence-corrected chi connectivity index (χ1v) is 4.87. The fourth-order valence-corrected chi connectivity index (χ4v) is 1.53. The second kappa shape index (κ2) is 4.95. The first-order chi connectivity index (χ1) is 6.61. The molecule has 3 N–H and O–H groups in total. The van der Waals surface area contributed by atoms with Crippen LogP contribution in [-0.2, 0) is 9.59 Å². The Kier molecular flexibility index (Phi) is 3.88. The van der Waals surface area contributed by atoms with E-state index in [4.69, 9.17) is 10.8 Å². The van der Waals surface area contributed by atoms with Crippen LogP contribution in [-0.4, -0.2) is 41.0 Å². The van der Waals surface area contributed by atoms with E-state index in [0.29, 0.717) is 0 Å². The second-order valence-electron chi connectivity index (χ2n) is 3.57. The topological polar surface area (TPSA) is 83.6 Å². The quantitative estimate of drug-likeness (QED) is 0.658. The van der Waals surface area contributed by atoms with Crippen LogP contribution in [0, 0.1) is 0 Å². The summed E-state index contributed by atoms with van der Waals surface area (Å²) in [6.07, 6.45) is 2.57. The van der Waals surface area contributed by atoms with Crippen LogP contribution in [0.4, 0.5) is 0 Å². The molecule has 0 aromatic rings. The molecule has 0 aromatic heterocycles. The Morgan fingerprint density at radius 3 is 2.43 bits per heavy atom. The second-order valence-corrected chi connectivity index (χ2v) is 3.57.